The molecule has 0 aromatic carbocycles. The fraction of sp³-hybridized carbons (Fsp3) is 0.417. The van der Waals surface area contributed by atoms with E-state index >= 15 is 0 Å². The van der Waals surface area contributed by atoms with Crippen molar-refractivity contribution >= 4 is 11.9 Å². The van der Waals surface area contributed by atoms with E-state index in [0.717, 1.165) is 7.11 Å². The molecule has 1 aromatic rings. The lowest BCUT2D eigenvalue weighted by Gasteiger charge is -2.16. The predicted octanol–water partition coefficient (Wildman–Crippen LogP) is -0.174. The fourth-order valence-corrected chi connectivity index (χ4v) is 1.38. The van der Waals surface area contributed by atoms with Crippen LogP contribution in [0.2, 0.25) is 0 Å². The van der Waals surface area contributed by atoms with E-state index in [0.29, 0.717) is 0 Å². The van der Waals surface area contributed by atoms with Crippen LogP contribution in [0.5, 0.6) is 0 Å². The van der Waals surface area contributed by atoms with E-state index in [1.807, 2.05) is 0 Å². The number of aliphatic hydroxyl groups is 2. The highest BCUT2D eigenvalue weighted by Crippen LogP contribution is 2.18. The molecule has 19 heavy (non-hydrogen) atoms. The standard InChI is InChI=1S/C12H15NO6/c1-3-19-11(16)8-4-7(5-13-6-8)9(14)10(15)12(17)18-2/h4-6,9-10,14-15H,3H2,1-2H3. The zero-order chi connectivity index (χ0) is 14.4. The predicted molar refractivity (Wildman–Crippen MR) is 63.2 cm³/mol. The molecule has 0 spiro atoms. The maximum atomic E-state index is 11.5. The van der Waals surface area contributed by atoms with Crippen LogP contribution in [0, 0.1) is 0 Å². The average molecular weight is 269 g/mol. The number of hydrogen-bond donors (Lipinski definition) is 2. The van der Waals surface area contributed by atoms with E-state index in [2.05, 4.69) is 9.72 Å². The minimum Gasteiger partial charge on any atom is -0.467 e. The number of aliphatic hydroxyl groups excluding tert-OH is 2. The van der Waals surface area contributed by atoms with E-state index in [1.165, 1.54) is 18.5 Å². The molecule has 0 aliphatic carbocycles. The van der Waals surface area contributed by atoms with Crippen molar-refractivity contribution in [1.82, 2.24) is 4.98 Å². The zero-order valence-corrected chi connectivity index (χ0v) is 10.6. The Balaban J connectivity index is 2.92. The van der Waals surface area contributed by atoms with E-state index in [4.69, 9.17) is 4.74 Å². The number of methoxy groups -OCH3 is 1. The minimum absolute atomic E-state index is 0.114. The van der Waals surface area contributed by atoms with Crippen LogP contribution >= 0.6 is 0 Å². The van der Waals surface area contributed by atoms with Crippen LogP contribution < -0.4 is 0 Å². The molecule has 0 saturated heterocycles. The Morgan fingerprint density at radius 2 is 2.05 bits per heavy atom. The molecule has 1 heterocycles. The van der Waals surface area contributed by atoms with Crippen molar-refractivity contribution in [3.05, 3.63) is 29.6 Å². The molecular weight excluding hydrogens is 254 g/mol. The zero-order valence-electron chi connectivity index (χ0n) is 10.6. The smallest absolute Gasteiger partial charge is 0.339 e. The molecule has 0 saturated carbocycles. The van der Waals surface area contributed by atoms with Gasteiger partial charge in [0.1, 0.15) is 6.10 Å². The second-order valence-corrected chi connectivity index (χ2v) is 3.64. The lowest BCUT2D eigenvalue weighted by atomic mass is 10.0. The van der Waals surface area contributed by atoms with Crippen LogP contribution in [0.25, 0.3) is 0 Å². The molecule has 0 radical (unpaired) electrons. The SMILES string of the molecule is CCOC(=O)c1cncc(C(O)C(O)C(=O)OC)c1. The van der Waals surface area contributed by atoms with Crippen molar-refractivity contribution in [2.75, 3.05) is 13.7 Å². The highest BCUT2D eigenvalue weighted by molar-refractivity contribution is 5.89. The largest absolute Gasteiger partial charge is 0.467 e. The molecule has 0 aliphatic heterocycles. The first kappa shape index (κ1) is 15.1. The summed E-state index contributed by atoms with van der Waals surface area (Å²) in [5.41, 5.74) is 0.235. The van der Waals surface area contributed by atoms with Gasteiger partial charge in [-0.3, -0.25) is 4.98 Å². The number of rotatable bonds is 5. The van der Waals surface area contributed by atoms with Gasteiger partial charge in [0.2, 0.25) is 0 Å². The van der Waals surface area contributed by atoms with Gasteiger partial charge in [-0.2, -0.15) is 0 Å². The monoisotopic (exact) mass is 269 g/mol. The molecule has 1 aromatic heterocycles. The van der Waals surface area contributed by atoms with E-state index in [1.54, 1.807) is 6.92 Å². The summed E-state index contributed by atoms with van der Waals surface area (Å²) >= 11 is 0. The summed E-state index contributed by atoms with van der Waals surface area (Å²) in [6, 6.07) is 1.29. The molecule has 7 nitrogen and oxygen atoms in total. The molecule has 0 bridgehead atoms. The van der Waals surface area contributed by atoms with Crippen LogP contribution in [-0.4, -0.2) is 47.0 Å². The highest BCUT2D eigenvalue weighted by Gasteiger charge is 2.27. The van der Waals surface area contributed by atoms with Crippen LogP contribution in [0.4, 0.5) is 0 Å². The maximum absolute atomic E-state index is 11.5. The Morgan fingerprint density at radius 3 is 2.63 bits per heavy atom. The van der Waals surface area contributed by atoms with Gasteiger partial charge in [0.15, 0.2) is 6.10 Å². The average Bonchev–Trinajstić information content (AvgIpc) is 2.45. The first-order valence-electron chi connectivity index (χ1n) is 5.57. The molecule has 0 amide bonds. The number of nitrogens with zero attached hydrogens (tertiary/aromatic N) is 1. The molecule has 0 aliphatic rings. The number of hydrogen-bond acceptors (Lipinski definition) is 7. The van der Waals surface area contributed by atoms with Crippen molar-refractivity contribution in [3.8, 4) is 0 Å². The summed E-state index contributed by atoms with van der Waals surface area (Å²) in [6.45, 7) is 1.86. The Hall–Kier alpha value is -1.99. The van der Waals surface area contributed by atoms with Gasteiger partial charge in [0.05, 0.1) is 19.3 Å². The first-order valence-corrected chi connectivity index (χ1v) is 5.57. The molecule has 2 atom stereocenters. The number of carbonyl (C=O) groups excluding carboxylic acids is 2. The Kier molecular flexibility index (Phi) is 5.40. The highest BCUT2D eigenvalue weighted by atomic mass is 16.5. The van der Waals surface area contributed by atoms with E-state index in [9.17, 15) is 19.8 Å². The second-order valence-electron chi connectivity index (χ2n) is 3.64. The molecule has 0 fully saturated rings. The Morgan fingerprint density at radius 1 is 1.37 bits per heavy atom. The van der Waals surface area contributed by atoms with Crippen molar-refractivity contribution in [2.24, 2.45) is 0 Å². The molecule has 2 unspecified atom stereocenters. The first-order chi connectivity index (χ1) is 9.01. The number of carbonyl (C=O) groups is 2. The van der Waals surface area contributed by atoms with Gasteiger partial charge in [-0.15, -0.1) is 0 Å². The number of esters is 2. The molecular formula is C12H15NO6. The maximum Gasteiger partial charge on any atom is 0.339 e. The second kappa shape index (κ2) is 6.81. The lowest BCUT2D eigenvalue weighted by molar-refractivity contribution is -0.156. The minimum atomic E-state index is -1.75. The lowest BCUT2D eigenvalue weighted by Crippen LogP contribution is -2.29. The van der Waals surface area contributed by atoms with Gasteiger partial charge in [-0.25, -0.2) is 9.59 Å². The summed E-state index contributed by atoms with van der Waals surface area (Å²) in [6.07, 6.45) is -0.781. The van der Waals surface area contributed by atoms with Gasteiger partial charge < -0.3 is 19.7 Å². The summed E-state index contributed by atoms with van der Waals surface area (Å²) in [5.74, 6) is -1.58. The van der Waals surface area contributed by atoms with Gasteiger partial charge in [0, 0.05) is 18.0 Å². The van der Waals surface area contributed by atoms with Crippen molar-refractivity contribution in [1.29, 1.82) is 0 Å². The van der Waals surface area contributed by atoms with Crippen molar-refractivity contribution in [2.45, 2.75) is 19.1 Å². The molecule has 1 rings (SSSR count). The fourth-order valence-electron chi connectivity index (χ4n) is 1.38. The normalized spacial score (nSPS) is 13.5. The number of pyridine rings is 1. The van der Waals surface area contributed by atoms with Gasteiger partial charge in [-0.1, -0.05) is 0 Å². The van der Waals surface area contributed by atoms with Crippen LogP contribution in [0.1, 0.15) is 28.9 Å². The number of aromatic nitrogens is 1. The van der Waals surface area contributed by atoms with Gasteiger partial charge in [0.25, 0.3) is 0 Å². The summed E-state index contributed by atoms with van der Waals surface area (Å²) < 4.78 is 9.09. The molecule has 7 heteroatoms. The van der Waals surface area contributed by atoms with Crippen LogP contribution in [-0.2, 0) is 14.3 Å². The Bertz CT molecular complexity index is 461. The van der Waals surface area contributed by atoms with Crippen molar-refractivity contribution in [3.63, 3.8) is 0 Å². The topological polar surface area (TPSA) is 106 Å². The summed E-state index contributed by atoms with van der Waals surface area (Å²) in [4.78, 5) is 26.3. The van der Waals surface area contributed by atoms with Gasteiger partial charge >= 0.3 is 11.9 Å². The third-order valence-corrected chi connectivity index (χ3v) is 2.35. The third kappa shape index (κ3) is 3.73. The van der Waals surface area contributed by atoms with E-state index in [-0.39, 0.29) is 17.7 Å². The third-order valence-electron chi connectivity index (χ3n) is 2.35. The summed E-state index contributed by atoms with van der Waals surface area (Å²) in [5, 5.41) is 19.3. The van der Waals surface area contributed by atoms with Crippen LogP contribution in [0.3, 0.4) is 0 Å². The molecule has 104 valence electrons. The Labute approximate surface area is 109 Å². The van der Waals surface area contributed by atoms with E-state index < -0.39 is 24.1 Å². The van der Waals surface area contributed by atoms with Crippen molar-refractivity contribution < 1.29 is 29.3 Å². The van der Waals surface area contributed by atoms with Gasteiger partial charge in [-0.05, 0) is 13.0 Å². The van der Waals surface area contributed by atoms with Crippen LogP contribution in [0.15, 0.2) is 18.5 Å². The summed E-state index contributed by atoms with van der Waals surface area (Å²) in [7, 11) is 1.09. The molecule has 2 N–H and O–H groups in total. The number of ether oxygens (including phenoxy) is 2. The quantitative estimate of drug-likeness (QED) is 0.714.